The summed E-state index contributed by atoms with van der Waals surface area (Å²) in [5, 5.41) is 7.96. The Bertz CT molecular complexity index is 465. The van der Waals surface area contributed by atoms with E-state index in [9.17, 15) is 0 Å². The molecule has 4 nitrogen and oxygen atoms in total. The highest BCUT2D eigenvalue weighted by atomic mass is 15.3. The quantitative estimate of drug-likeness (QED) is 0.903. The molecule has 2 fully saturated rings. The summed E-state index contributed by atoms with van der Waals surface area (Å²) in [5.41, 5.74) is 1.37. The molecule has 23 heavy (non-hydrogen) atoms. The van der Waals surface area contributed by atoms with Crippen molar-refractivity contribution >= 4 is 0 Å². The summed E-state index contributed by atoms with van der Waals surface area (Å²) in [6.07, 6.45) is 12.5. The van der Waals surface area contributed by atoms with E-state index in [1.807, 2.05) is 0 Å². The van der Waals surface area contributed by atoms with E-state index < -0.39 is 0 Å². The van der Waals surface area contributed by atoms with Crippen molar-refractivity contribution in [2.75, 3.05) is 26.7 Å². The van der Waals surface area contributed by atoms with Gasteiger partial charge < -0.3 is 10.2 Å². The van der Waals surface area contributed by atoms with Crippen LogP contribution in [0.15, 0.2) is 12.4 Å². The Morgan fingerprint density at radius 2 is 1.78 bits per heavy atom. The number of hydrogen-bond donors (Lipinski definition) is 1. The molecule has 0 bridgehead atoms. The normalized spacial score (nSPS) is 27.7. The first-order valence-electron chi connectivity index (χ1n) is 9.60. The smallest absolute Gasteiger partial charge is 0.0543 e. The second-order valence-electron chi connectivity index (χ2n) is 7.91. The van der Waals surface area contributed by atoms with Gasteiger partial charge in [-0.15, -0.1) is 0 Å². The second-order valence-corrected chi connectivity index (χ2v) is 7.91. The van der Waals surface area contributed by atoms with Crippen molar-refractivity contribution in [2.24, 2.45) is 5.92 Å². The zero-order valence-corrected chi connectivity index (χ0v) is 15.2. The van der Waals surface area contributed by atoms with Crippen molar-refractivity contribution in [2.45, 2.75) is 70.4 Å². The van der Waals surface area contributed by atoms with Crippen molar-refractivity contribution in [1.29, 1.82) is 0 Å². The lowest BCUT2D eigenvalue weighted by atomic mass is 9.84. The number of nitrogens with zero attached hydrogens (tertiary/aromatic N) is 3. The number of rotatable bonds is 5. The molecule has 0 radical (unpaired) electrons. The van der Waals surface area contributed by atoms with Crippen molar-refractivity contribution in [3.63, 3.8) is 0 Å². The maximum Gasteiger partial charge on any atom is 0.0543 e. The van der Waals surface area contributed by atoms with Crippen molar-refractivity contribution in [3.8, 4) is 0 Å². The third kappa shape index (κ3) is 4.16. The van der Waals surface area contributed by atoms with E-state index >= 15 is 0 Å². The van der Waals surface area contributed by atoms with Crippen LogP contribution in [0.4, 0.5) is 0 Å². The molecule has 3 rings (SSSR count). The van der Waals surface area contributed by atoms with Gasteiger partial charge >= 0.3 is 0 Å². The third-order valence-electron chi connectivity index (χ3n) is 5.99. The first-order valence-corrected chi connectivity index (χ1v) is 9.60. The maximum atomic E-state index is 4.62. The minimum Gasteiger partial charge on any atom is -0.319 e. The van der Waals surface area contributed by atoms with Gasteiger partial charge in [0.1, 0.15) is 0 Å². The van der Waals surface area contributed by atoms with E-state index in [0.717, 1.165) is 12.0 Å². The minimum absolute atomic E-state index is 0.580. The van der Waals surface area contributed by atoms with Crippen LogP contribution in [0.2, 0.25) is 0 Å². The molecule has 0 aromatic carbocycles. The molecule has 0 unspecified atom stereocenters. The van der Waals surface area contributed by atoms with E-state index in [1.54, 1.807) is 0 Å². The Labute approximate surface area is 141 Å². The van der Waals surface area contributed by atoms with Crippen LogP contribution < -0.4 is 5.32 Å². The van der Waals surface area contributed by atoms with Crippen LogP contribution in [0.3, 0.4) is 0 Å². The van der Waals surface area contributed by atoms with Crippen molar-refractivity contribution < 1.29 is 0 Å². The van der Waals surface area contributed by atoms with Gasteiger partial charge in [0.25, 0.3) is 0 Å². The molecule has 1 saturated heterocycles. The van der Waals surface area contributed by atoms with E-state index in [0.29, 0.717) is 12.0 Å². The topological polar surface area (TPSA) is 33.1 Å². The standard InChI is InChI=1S/C19H34N4/c1-15(2)17-13-21-23(14-17)19-8-10-22(11-9-19)18-6-4-16(5-7-18)12-20-3/h13-16,18-20H,4-12H2,1-3H3/t16-,18+. The first kappa shape index (κ1) is 17.0. The molecular formula is C19H34N4. The Morgan fingerprint density at radius 3 is 2.35 bits per heavy atom. The maximum absolute atomic E-state index is 4.62. The number of piperidine rings is 1. The lowest BCUT2D eigenvalue weighted by Crippen LogP contribution is -2.44. The van der Waals surface area contributed by atoms with Crippen LogP contribution in [-0.4, -0.2) is 47.4 Å². The molecule has 2 aliphatic rings. The summed E-state index contributed by atoms with van der Waals surface area (Å²) in [6.45, 7) is 8.20. The van der Waals surface area contributed by atoms with Gasteiger partial charge in [0.15, 0.2) is 0 Å². The SMILES string of the molecule is CNC[C@H]1CC[C@@H](N2CCC(n3cc(C(C)C)cn3)CC2)CC1. The van der Waals surface area contributed by atoms with E-state index in [2.05, 4.69) is 53.3 Å². The zero-order valence-electron chi connectivity index (χ0n) is 15.2. The minimum atomic E-state index is 0.580. The van der Waals surface area contributed by atoms with E-state index in [-0.39, 0.29) is 0 Å². The Kier molecular flexibility index (Phi) is 5.76. The third-order valence-corrected chi connectivity index (χ3v) is 5.99. The van der Waals surface area contributed by atoms with Crippen LogP contribution in [0.5, 0.6) is 0 Å². The second kappa shape index (κ2) is 7.80. The van der Waals surface area contributed by atoms with E-state index in [4.69, 9.17) is 0 Å². The zero-order chi connectivity index (χ0) is 16.2. The van der Waals surface area contributed by atoms with Gasteiger partial charge in [0, 0.05) is 25.3 Å². The Hall–Kier alpha value is -0.870. The van der Waals surface area contributed by atoms with Crippen molar-refractivity contribution in [3.05, 3.63) is 18.0 Å². The molecule has 1 aromatic heterocycles. The fourth-order valence-corrected chi connectivity index (χ4v) is 4.37. The summed E-state index contributed by atoms with van der Waals surface area (Å²) in [4.78, 5) is 2.76. The summed E-state index contributed by atoms with van der Waals surface area (Å²) >= 11 is 0. The Morgan fingerprint density at radius 1 is 1.09 bits per heavy atom. The van der Waals surface area contributed by atoms with Crippen LogP contribution in [0.25, 0.3) is 0 Å². The van der Waals surface area contributed by atoms with Gasteiger partial charge in [0.05, 0.1) is 12.2 Å². The largest absolute Gasteiger partial charge is 0.319 e. The number of nitrogens with one attached hydrogen (secondary N) is 1. The molecule has 0 atom stereocenters. The van der Waals surface area contributed by atoms with Gasteiger partial charge in [0.2, 0.25) is 0 Å². The fourth-order valence-electron chi connectivity index (χ4n) is 4.37. The predicted molar refractivity (Wildman–Crippen MR) is 95.8 cm³/mol. The van der Waals surface area contributed by atoms with Crippen LogP contribution in [-0.2, 0) is 0 Å². The van der Waals surface area contributed by atoms with Gasteiger partial charge in [-0.3, -0.25) is 4.68 Å². The van der Waals surface area contributed by atoms with E-state index in [1.165, 1.54) is 63.7 Å². The molecule has 1 aliphatic heterocycles. The van der Waals surface area contributed by atoms with Gasteiger partial charge in [-0.25, -0.2) is 0 Å². The highest BCUT2D eigenvalue weighted by molar-refractivity contribution is 5.09. The number of hydrogen-bond acceptors (Lipinski definition) is 3. The predicted octanol–water partition coefficient (Wildman–Crippen LogP) is 3.42. The monoisotopic (exact) mass is 318 g/mol. The highest BCUT2D eigenvalue weighted by Crippen LogP contribution is 2.31. The number of aromatic nitrogens is 2. The molecule has 0 spiro atoms. The summed E-state index contributed by atoms with van der Waals surface area (Å²) in [5.74, 6) is 1.49. The average Bonchev–Trinajstić information content (AvgIpc) is 3.06. The molecule has 130 valence electrons. The molecule has 1 saturated carbocycles. The van der Waals surface area contributed by atoms with Crippen LogP contribution in [0, 0.1) is 5.92 Å². The highest BCUT2D eigenvalue weighted by Gasteiger charge is 2.29. The molecular weight excluding hydrogens is 284 g/mol. The summed E-state index contributed by atoms with van der Waals surface area (Å²) in [7, 11) is 2.08. The summed E-state index contributed by atoms with van der Waals surface area (Å²) in [6, 6.07) is 1.45. The molecule has 1 aromatic rings. The average molecular weight is 319 g/mol. The summed E-state index contributed by atoms with van der Waals surface area (Å²) < 4.78 is 2.23. The molecule has 2 heterocycles. The molecule has 1 N–H and O–H groups in total. The fraction of sp³-hybridized carbons (Fsp3) is 0.842. The molecule has 1 aliphatic carbocycles. The van der Waals surface area contributed by atoms with Crippen LogP contribution >= 0.6 is 0 Å². The van der Waals surface area contributed by atoms with Crippen LogP contribution in [0.1, 0.15) is 69.9 Å². The molecule has 4 heteroatoms. The lowest BCUT2D eigenvalue weighted by Gasteiger charge is -2.40. The van der Waals surface area contributed by atoms with Gasteiger partial charge in [-0.2, -0.15) is 5.10 Å². The Balaban J connectivity index is 1.47. The number of likely N-dealkylation sites (tertiary alicyclic amines) is 1. The molecule has 0 amide bonds. The first-order chi connectivity index (χ1) is 11.2. The van der Waals surface area contributed by atoms with Crippen molar-refractivity contribution in [1.82, 2.24) is 20.0 Å². The lowest BCUT2D eigenvalue weighted by molar-refractivity contribution is 0.0939. The van der Waals surface area contributed by atoms with Gasteiger partial charge in [-0.1, -0.05) is 13.8 Å². The van der Waals surface area contributed by atoms with Gasteiger partial charge in [-0.05, 0) is 69.5 Å².